The highest BCUT2D eigenvalue weighted by Crippen LogP contribution is 2.27. The lowest BCUT2D eigenvalue weighted by atomic mass is 10.2. The number of halogens is 1. The molecule has 0 radical (unpaired) electrons. The number of aromatic nitrogens is 1. The van der Waals surface area contributed by atoms with Gasteiger partial charge in [-0.05, 0) is 29.7 Å². The number of pyridine rings is 1. The molecule has 88 valence electrons. The monoisotopic (exact) mass is 293 g/mol. The second-order valence-electron chi connectivity index (χ2n) is 4.09. The van der Waals surface area contributed by atoms with Crippen molar-refractivity contribution in [3.8, 4) is 5.88 Å². The van der Waals surface area contributed by atoms with Crippen molar-refractivity contribution in [2.24, 2.45) is 0 Å². The Morgan fingerprint density at radius 1 is 1.35 bits per heavy atom. The Morgan fingerprint density at radius 3 is 3.12 bits per heavy atom. The summed E-state index contributed by atoms with van der Waals surface area (Å²) in [6, 6.07) is 8.08. The molecule has 0 unspecified atom stereocenters. The summed E-state index contributed by atoms with van der Waals surface area (Å²) in [7, 11) is 0. The smallest absolute Gasteiger partial charge is 0.221 e. The molecule has 17 heavy (non-hydrogen) atoms. The average Bonchev–Trinajstić information content (AvgIpc) is 2.82. The summed E-state index contributed by atoms with van der Waals surface area (Å²) in [5, 5.41) is 2.17. The van der Waals surface area contributed by atoms with Gasteiger partial charge in [-0.25, -0.2) is 4.98 Å². The SMILES string of the molecule is Brc1ccc2c(O[C@@H]3CCOC3)nccc2c1. The molecule has 0 bridgehead atoms. The van der Waals surface area contributed by atoms with Crippen molar-refractivity contribution >= 4 is 26.7 Å². The first kappa shape index (κ1) is 11.0. The number of benzene rings is 1. The summed E-state index contributed by atoms with van der Waals surface area (Å²) in [5.74, 6) is 0.700. The second kappa shape index (κ2) is 4.63. The van der Waals surface area contributed by atoms with Crippen LogP contribution < -0.4 is 4.74 Å². The normalized spacial score (nSPS) is 19.7. The van der Waals surface area contributed by atoms with Crippen molar-refractivity contribution in [2.75, 3.05) is 13.2 Å². The van der Waals surface area contributed by atoms with Crippen molar-refractivity contribution in [1.29, 1.82) is 0 Å². The molecule has 1 atom stereocenters. The van der Waals surface area contributed by atoms with Gasteiger partial charge >= 0.3 is 0 Å². The Labute approximate surface area is 108 Å². The standard InChI is InChI=1S/C13H12BrNO2/c14-10-1-2-12-9(7-10)3-5-15-13(12)17-11-4-6-16-8-11/h1-3,5,7,11H,4,6,8H2/t11-/m1/s1. The Balaban J connectivity index is 1.97. The molecule has 3 rings (SSSR count). The van der Waals surface area contributed by atoms with E-state index in [0.717, 1.165) is 28.3 Å². The van der Waals surface area contributed by atoms with Crippen LogP contribution in [0.25, 0.3) is 10.8 Å². The summed E-state index contributed by atoms with van der Waals surface area (Å²) in [6.45, 7) is 1.44. The molecule has 0 amide bonds. The van der Waals surface area contributed by atoms with Crippen LogP contribution in [0.5, 0.6) is 5.88 Å². The first-order chi connectivity index (χ1) is 8.33. The highest BCUT2D eigenvalue weighted by Gasteiger charge is 2.18. The molecular formula is C13H12BrNO2. The lowest BCUT2D eigenvalue weighted by Gasteiger charge is -2.12. The van der Waals surface area contributed by atoms with Gasteiger partial charge in [-0.2, -0.15) is 0 Å². The molecule has 2 heterocycles. The summed E-state index contributed by atoms with van der Waals surface area (Å²) < 4.78 is 12.2. The van der Waals surface area contributed by atoms with E-state index in [1.54, 1.807) is 6.20 Å². The van der Waals surface area contributed by atoms with Gasteiger partial charge in [0.15, 0.2) is 0 Å². The second-order valence-corrected chi connectivity index (χ2v) is 5.00. The first-order valence-corrected chi connectivity index (χ1v) is 6.41. The Bertz CT molecular complexity index is 538. The van der Waals surface area contributed by atoms with Crippen molar-refractivity contribution in [3.05, 3.63) is 34.9 Å². The number of hydrogen-bond acceptors (Lipinski definition) is 3. The van der Waals surface area contributed by atoms with E-state index in [0.29, 0.717) is 12.5 Å². The lowest BCUT2D eigenvalue weighted by Crippen LogP contribution is -2.16. The number of fused-ring (bicyclic) bond motifs is 1. The third-order valence-corrected chi connectivity index (χ3v) is 3.35. The largest absolute Gasteiger partial charge is 0.471 e. The fourth-order valence-corrected chi connectivity index (χ4v) is 2.36. The van der Waals surface area contributed by atoms with Crippen LogP contribution in [0.3, 0.4) is 0 Å². The molecule has 1 aliphatic heterocycles. The summed E-state index contributed by atoms with van der Waals surface area (Å²) in [6.07, 6.45) is 2.85. The molecule has 1 aliphatic rings. The topological polar surface area (TPSA) is 31.4 Å². The third kappa shape index (κ3) is 2.28. The van der Waals surface area contributed by atoms with Crippen molar-refractivity contribution in [2.45, 2.75) is 12.5 Å². The summed E-state index contributed by atoms with van der Waals surface area (Å²) in [4.78, 5) is 4.31. The zero-order valence-corrected chi connectivity index (χ0v) is 10.8. The maximum Gasteiger partial charge on any atom is 0.221 e. The van der Waals surface area contributed by atoms with E-state index in [-0.39, 0.29) is 6.10 Å². The van der Waals surface area contributed by atoms with Crippen LogP contribution in [0.15, 0.2) is 34.9 Å². The van der Waals surface area contributed by atoms with Crippen LogP contribution in [0.1, 0.15) is 6.42 Å². The molecule has 4 heteroatoms. The highest BCUT2D eigenvalue weighted by atomic mass is 79.9. The van der Waals surface area contributed by atoms with E-state index in [4.69, 9.17) is 9.47 Å². The van der Waals surface area contributed by atoms with Gasteiger partial charge in [0.2, 0.25) is 5.88 Å². The quantitative estimate of drug-likeness (QED) is 0.852. The van der Waals surface area contributed by atoms with Crippen LogP contribution in [0.2, 0.25) is 0 Å². The van der Waals surface area contributed by atoms with Crippen molar-refractivity contribution < 1.29 is 9.47 Å². The Kier molecular flexibility index (Phi) is 2.99. The van der Waals surface area contributed by atoms with E-state index in [1.165, 1.54) is 0 Å². The molecule has 1 aromatic heterocycles. The fourth-order valence-electron chi connectivity index (χ4n) is 1.98. The Hall–Kier alpha value is -1.13. The predicted octanol–water partition coefficient (Wildman–Crippen LogP) is 3.17. The van der Waals surface area contributed by atoms with Gasteiger partial charge in [0.1, 0.15) is 6.10 Å². The van der Waals surface area contributed by atoms with Crippen LogP contribution in [-0.4, -0.2) is 24.3 Å². The minimum atomic E-state index is 0.136. The van der Waals surface area contributed by atoms with Crippen LogP contribution in [-0.2, 0) is 4.74 Å². The molecule has 0 aliphatic carbocycles. The molecule has 1 saturated heterocycles. The van der Waals surface area contributed by atoms with E-state index in [2.05, 4.69) is 27.0 Å². The van der Waals surface area contributed by atoms with E-state index < -0.39 is 0 Å². The van der Waals surface area contributed by atoms with Gasteiger partial charge in [0, 0.05) is 22.5 Å². The van der Waals surface area contributed by atoms with E-state index in [9.17, 15) is 0 Å². The van der Waals surface area contributed by atoms with Gasteiger partial charge in [-0.15, -0.1) is 0 Å². The molecule has 3 nitrogen and oxygen atoms in total. The number of rotatable bonds is 2. The van der Waals surface area contributed by atoms with Gasteiger partial charge in [0.25, 0.3) is 0 Å². The summed E-state index contributed by atoms with van der Waals surface area (Å²) >= 11 is 3.46. The number of ether oxygens (including phenoxy) is 2. The molecule has 0 spiro atoms. The van der Waals surface area contributed by atoms with E-state index >= 15 is 0 Å². The van der Waals surface area contributed by atoms with Gasteiger partial charge < -0.3 is 9.47 Å². The Morgan fingerprint density at radius 2 is 2.29 bits per heavy atom. The minimum Gasteiger partial charge on any atom is -0.471 e. The number of nitrogens with zero attached hydrogens (tertiary/aromatic N) is 1. The van der Waals surface area contributed by atoms with Crippen LogP contribution >= 0.6 is 15.9 Å². The van der Waals surface area contributed by atoms with Crippen molar-refractivity contribution in [3.63, 3.8) is 0 Å². The molecule has 1 aromatic carbocycles. The fraction of sp³-hybridized carbons (Fsp3) is 0.308. The molecular weight excluding hydrogens is 282 g/mol. The van der Waals surface area contributed by atoms with E-state index in [1.807, 2.05) is 18.2 Å². The molecule has 0 saturated carbocycles. The first-order valence-electron chi connectivity index (χ1n) is 5.61. The number of hydrogen-bond donors (Lipinski definition) is 0. The molecule has 1 fully saturated rings. The van der Waals surface area contributed by atoms with Gasteiger partial charge in [-0.3, -0.25) is 0 Å². The average molecular weight is 294 g/mol. The lowest BCUT2D eigenvalue weighted by molar-refractivity contribution is 0.139. The minimum absolute atomic E-state index is 0.136. The molecule has 0 N–H and O–H groups in total. The third-order valence-electron chi connectivity index (χ3n) is 2.86. The van der Waals surface area contributed by atoms with Crippen LogP contribution in [0.4, 0.5) is 0 Å². The van der Waals surface area contributed by atoms with Gasteiger partial charge in [0.05, 0.1) is 13.2 Å². The molecule has 2 aromatic rings. The van der Waals surface area contributed by atoms with Crippen molar-refractivity contribution in [1.82, 2.24) is 4.98 Å². The highest BCUT2D eigenvalue weighted by molar-refractivity contribution is 9.10. The zero-order chi connectivity index (χ0) is 11.7. The van der Waals surface area contributed by atoms with Crippen LogP contribution in [0, 0.1) is 0 Å². The summed E-state index contributed by atoms with van der Waals surface area (Å²) in [5.41, 5.74) is 0. The predicted molar refractivity (Wildman–Crippen MR) is 69.3 cm³/mol. The zero-order valence-electron chi connectivity index (χ0n) is 9.23. The van der Waals surface area contributed by atoms with Gasteiger partial charge in [-0.1, -0.05) is 15.9 Å². The maximum atomic E-state index is 5.88. The maximum absolute atomic E-state index is 5.88.